The van der Waals surface area contributed by atoms with Gasteiger partial charge in [0.05, 0.1) is 13.2 Å². The maximum absolute atomic E-state index is 11.9. The van der Waals surface area contributed by atoms with Crippen molar-refractivity contribution in [3.05, 3.63) is 28.8 Å². The van der Waals surface area contributed by atoms with Gasteiger partial charge in [0.25, 0.3) is 0 Å². The zero-order valence-electron chi connectivity index (χ0n) is 12.4. The molecule has 1 aromatic rings. The van der Waals surface area contributed by atoms with Crippen molar-refractivity contribution in [3.63, 3.8) is 0 Å². The van der Waals surface area contributed by atoms with Crippen LogP contribution in [0.3, 0.4) is 0 Å². The van der Waals surface area contributed by atoms with Gasteiger partial charge in [-0.05, 0) is 43.5 Å². The van der Waals surface area contributed by atoms with Gasteiger partial charge in [-0.3, -0.25) is 0 Å². The molecule has 6 heteroatoms. The average Bonchev–Trinajstić information content (AvgIpc) is 2.35. The van der Waals surface area contributed by atoms with Crippen molar-refractivity contribution in [1.29, 1.82) is 0 Å². The molecule has 0 radical (unpaired) electrons. The number of hydrogen-bond donors (Lipinski definition) is 1. The third-order valence-electron chi connectivity index (χ3n) is 2.90. The summed E-state index contributed by atoms with van der Waals surface area (Å²) in [6.45, 7) is 3.64. The van der Waals surface area contributed by atoms with E-state index in [4.69, 9.17) is 10.5 Å². The van der Waals surface area contributed by atoms with Gasteiger partial charge in [0.15, 0.2) is 0 Å². The second-order valence-corrected chi connectivity index (χ2v) is 4.97. The van der Waals surface area contributed by atoms with E-state index in [1.165, 1.54) is 0 Å². The van der Waals surface area contributed by atoms with Crippen molar-refractivity contribution in [1.82, 2.24) is 0 Å². The minimum atomic E-state index is -4.27. The van der Waals surface area contributed by atoms with Crippen molar-refractivity contribution in [2.24, 2.45) is 5.73 Å². The zero-order valence-corrected chi connectivity index (χ0v) is 12.4. The van der Waals surface area contributed by atoms with Gasteiger partial charge in [-0.1, -0.05) is 12.1 Å². The first-order valence-corrected chi connectivity index (χ1v) is 6.91. The fourth-order valence-corrected chi connectivity index (χ4v) is 2.10. The second-order valence-electron chi connectivity index (χ2n) is 4.97. The number of nitrogens with two attached hydrogens (primary N) is 1. The number of aryl methyl sites for hydroxylation is 2. The summed E-state index contributed by atoms with van der Waals surface area (Å²) in [4.78, 5) is 0. The highest BCUT2D eigenvalue weighted by Crippen LogP contribution is 2.25. The summed E-state index contributed by atoms with van der Waals surface area (Å²) in [6.07, 6.45) is -3.04. The summed E-state index contributed by atoms with van der Waals surface area (Å²) < 4.78 is 45.8. The lowest BCUT2D eigenvalue weighted by Crippen LogP contribution is -2.18. The molecule has 0 atom stereocenters. The molecule has 0 unspecified atom stereocenters. The molecular weight excluding hydrogens is 283 g/mol. The highest BCUT2D eigenvalue weighted by atomic mass is 19.4. The van der Waals surface area contributed by atoms with E-state index in [2.05, 4.69) is 4.74 Å². The van der Waals surface area contributed by atoms with Gasteiger partial charge in [-0.25, -0.2) is 0 Å². The van der Waals surface area contributed by atoms with Gasteiger partial charge in [-0.2, -0.15) is 13.2 Å². The van der Waals surface area contributed by atoms with E-state index in [9.17, 15) is 13.2 Å². The van der Waals surface area contributed by atoms with Gasteiger partial charge >= 0.3 is 6.18 Å². The van der Waals surface area contributed by atoms with Crippen LogP contribution in [-0.2, 0) is 11.2 Å². The molecule has 0 aliphatic rings. The summed E-state index contributed by atoms with van der Waals surface area (Å²) in [7, 11) is 0. The molecular formula is C15H22F3NO2. The first-order chi connectivity index (χ1) is 9.83. The van der Waals surface area contributed by atoms with E-state index in [1.807, 2.05) is 26.0 Å². The first-order valence-electron chi connectivity index (χ1n) is 6.91. The smallest absolute Gasteiger partial charge is 0.411 e. The van der Waals surface area contributed by atoms with Crippen LogP contribution in [-0.4, -0.2) is 32.5 Å². The Labute approximate surface area is 123 Å². The topological polar surface area (TPSA) is 44.5 Å². The molecule has 0 aliphatic heterocycles. The van der Waals surface area contributed by atoms with E-state index in [0.29, 0.717) is 19.6 Å². The van der Waals surface area contributed by atoms with Crippen molar-refractivity contribution in [2.45, 2.75) is 32.9 Å². The molecule has 3 nitrogen and oxygen atoms in total. The Morgan fingerprint density at radius 1 is 1.10 bits per heavy atom. The third-order valence-corrected chi connectivity index (χ3v) is 2.90. The van der Waals surface area contributed by atoms with E-state index in [0.717, 1.165) is 28.9 Å². The molecule has 1 rings (SSSR count). The summed E-state index contributed by atoms with van der Waals surface area (Å²) in [5.41, 5.74) is 8.71. The van der Waals surface area contributed by atoms with Gasteiger partial charge in [0.1, 0.15) is 12.4 Å². The van der Waals surface area contributed by atoms with Crippen molar-refractivity contribution < 1.29 is 22.6 Å². The van der Waals surface area contributed by atoms with Crippen LogP contribution in [0, 0.1) is 13.8 Å². The Hall–Kier alpha value is -1.27. The van der Waals surface area contributed by atoms with E-state index >= 15 is 0 Å². The molecule has 120 valence electrons. The van der Waals surface area contributed by atoms with Crippen LogP contribution in [0.1, 0.15) is 23.1 Å². The summed E-state index contributed by atoms with van der Waals surface area (Å²) in [5, 5.41) is 0. The lowest BCUT2D eigenvalue weighted by Gasteiger charge is -2.14. The Balaban J connectivity index is 2.38. The summed E-state index contributed by atoms with van der Waals surface area (Å²) in [6, 6.07) is 4.05. The van der Waals surface area contributed by atoms with Crippen LogP contribution in [0.4, 0.5) is 13.2 Å². The molecule has 1 aromatic carbocycles. The maximum atomic E-state index is 11.9. The van der Waals surface area contributed by atoms with Crippen molar-refractivity contribution in [2.75, 3.05) is 26.4 Å². The number of alkyl halides is 3. The zero-order chi connectivity index (χ0) is 15.9. The highest BCUT2D eigenvalue weighted by molar-refractivity contribution is 5.43. The maximum Gasteiger partial charge on any atom is 0.411 e. The van der Waals surface area contributed by atoms with Crippen LogP contribution in [0.25, 0.3) is 0 Å². The van der Waals surface area contributed by atoms with Crippen LogP contribution in [0.15, 0.2) is 12.1 Å². The Kier molecular flexibility index (Phi) is 6.98. The fourth-order valence-electron chi connectivity index (χ4n) is 2.10. The first kappa shape index (κ1) is 17.8. The number of benzene rings is 1. The predicted octanol–water partition coefficient (Wildman–Crippen LogP) is 3.15. The monoisotopic (exact) mass is 305 g/mol. The molecule has 0 fully saturated rings. The molecule has 0 bridgehead atoms. The van der Waals surface area contributed by atoms with Gasteiger partial charge in [-0.15, -0.1) is 0 Å². The number of halogens is 3. The van der Waals surface area contributed by atoms with E-state index in [1.54, 1.807) is 0 Å². The van der Waals surface area contributed by atoms with E-state index < -0.39 is 12.8 Å². The lowest BCUT2D eigenvalue weighted by atomic mass is 10.0. The van der Waals surface area contributed by atoms with Crippen LogP contribution in [0.5, 0.6) is 5.75 Å². The van der Waals surface area contributed by atoms with E-state index in [-0.39, 0.29) is 6.61 Å². The normalized spacial score (nSPS) is 11.7. The predicted molar refractivity (Wildman–Crippen MR) is 75.7 cm³/mol. The van der Waals surface area contributed by atoms with Crippen LogP contribution < -0.4 is 10.5 Å². The number of hydrogen-bond acceptors (Lipinski definition) is 3. The minimum absolute atomic E-state index is 0.0306. The summed E-state index contributed by atoms with van der Waals surface area (Å²) >= 11 is 0. The van der Waals surface area contributed by atoms with Gasteiger partial charge in [0.2, 0.25) is 0 Å². The summed E-state index contributed by atoms with van der Waals surface area (Å²) in [5.74, 6) is 0.784. The molecule has 21 heavy (non-hydrogen) atoms. The number of ether oxygens (including phenoxy) is 2. The Morgan fingerprint density at radius 2 is 1.71 bits per heavy atom. The molecule has 0 saturated heterocycles. The largest absolute Gasteiger partial charge is 0.493 e. The van der Waals surface area contributed by atoms with Gasteiger partial charge < -0.3 is 15.2 Å². The van der Waals surface area contributed by atoms with Crippen LogP contribution in [0.2, 0.25) is 0 Å². The van der Waals surface area contributed by atoms with Crippen molar-refractivity contribution in [3.8, 4) is 5.75 Å². The standard InChI is InChI=1S/C15H22F3NO2/c1-11-8-13(4-5-19)9-12(2)14(11)21-7-3-6-20-10-15(16,17)18/h8-9H,3-7,10,19H2,1-2H3. The SMILES string of the molecule is Cc1cc(CCN)cc(C)c1OCCCOCC(F)(F)F. The Bertz CT molecular complexity index is 424. The molecule has 0 amide bonds. The quantitative estimate of drug-likeness (QED) is 0.750. The molecule has 0 aliphatic carbocycles. The Morgan fingerprint density at radius 3 is 2.24 bits per heavy atom. The molecule has 0 aromatic heterocycles. The molecule has 0 heterocycles. The molecule has 0 saturated carbocycles. The van der Waals surface area contributed by atoms with Crippen LogP contribution >= 0.6 is 0 Å². The second kappa shape index (κ2) is 8.24. The highest BCUT2D eigenvalue weighted by Gasteiger charge is 2.27. The van der Waals surface area contributed by atoms with Crippen molar-refractivity contribution >= 4 is 0 Å². The fraction of sp³-hybridized carbons (Fsp3) is 0.600. The molecule has 0 spiro atoms. The average molecular weight is 305 g/mol. The lowest BCUT2D eigenvalue weighted by molar-refractivity contribution is -0.174. The number of rotatable bonds is 8. The molecule has 2 N–H and O–H groups in total. The third kappa shape index (κ3) is 6.82. The minimum Gasteiger partial charge on any atom is -0.493 e. The van der Waals surface area contributed by atoms with Gasteiger partial charge in [0, 0.05) is 6.42 Å².